The molecule has 2 aliphatic heterocycles. The molecule has 0 radical (unpaired) electrons. The summed E-state index contributed by atoms with van der Waals surface area (Å²) >= 11 is 0. The standard InChI is InChI=1S/C44H56N8O6/c1-25(2)34(48-42(55)57-6)40(53)51-22-8-10-32(51)38-45-24-31(46-38)29-16-12-27(13-17-29)28-14-18-30(19-15-28)36-37(44(5)20-21-44)50-39(47-36)33-11-9-23-52(33)41(54)35(26(3)4)49-43(56)58-7/h12-19,24-26,32-35H,8-11,20-23H2,1-7H3,(H,45,46)(H,47,50)(H,48,55)(H,49,56)/t32-,33-,34-,35-/m0/s1. The first-order valence-electron chi connectivity index (χ1n) is 20.5. The van der Waals surface area contributed by atoms with Gasteiger partial charge in [0.05, 0.1) is 43.9 Å². The van der Waals surface area contributed by atoms with Gasteiger partial charge in [0.15, 0.2) is 0 Å². The highest BCUT2D eigenvalue weighted by Crippen LogP contribution is 2.50. The SMILES string of the molecule is COC(=O)N[C@H](C(=O)N1CCC[C@H]1c1ncc(-c2ccc(-c3ccc(-c4nc([C@@H]5CCCN5C(=O)[C@@H](NC(=O)OC)C(C)C)[nH]c4C4(C)CC4)cc3)cc2)[nH]1)C(C)C. The summed E-state index contributed by atoms with van der Waals surface area (Å²) in [6.07, 6.45) is 5.99. The Morgan fingerprint density at radius 3 is 1.64 bits per heavy atom. The van der Waals surface area contributed by atoms with E-state index < -0.39 is 24.3 Å². The van der Waals surface area contributed by atoms with Gasteiger partial charge in [0.1, 0.15) is 23.7 Å². The second-order valence-corrected chi connectivity index (χ2v) is 16.8. The molecule has 4 N–H and O–H groups in total. The molecule has 0 bridgehead atoms. The van der Waals surface area contributed by atoms with Crippen molar-refractivity contribution in [2.45, 2.75) is 103 Å². The Labute approximate surface area is 339 Å². The first-order chi connectivity index (χ1) is 27.8. The van der Waals surface area contributed by atoms with E-state index in [1.165, 1.54) is 14.2 Å². The van der Waals surface area contributed by atoms with E-state index in [1.54, 1.807) is 0 Å². The third-order valence-electron chi connectivity index (χ3n) is 12.1. The topological polar surface area (TPSA) is 175 Å². The van der Waals surface area contributed by atoms with Gasteiger partial charge in [-0.1, -0.05) is 83.1 Å². The van der Waals surface area contributed by atoms with Crippen molar-refractivity contribution in [2.75, 3.05) is 27.3 Å². The molecule has 14 heteroatoms. The van der Waals surface area contributed by atoms with E-state index >= 15 is 0 Å². The highest BCUT2D eigenvalue weighted by Gasteiger charge is 2.45. The molecule has 3 aliphatic rings. The molecular weight excluding hydrogens is 737 g/mol. The Hall–Kier alpha value is -5.66. The molecule has 14 nitrogen and oxygen atoms in total. The van der Waals surface area contributed by atoms with Gasteiger partial charge >= 0.3 is 12.2 Å². The number of methoxy groups -OCH3 is 2. The fourth-order valence-corrected chi connectivity index (χ4v) is 8.33. The zero-order chi connectivity index (χ0) is 41.3. The van der Waals surface area contributed by atoms with Crippen LogP contribution in [0, 0.1) is 11.8 Å². The van der Waals surface area contributed by atoms with Crippen LogP contribution in [0.2, 0.25) is 0 Å². The number of amides is 4. The van der Waals surface area contributed by atoms with Crippen LogP contribution < -0.4 is 10.6 Å². The van der Waals surface area contributed by atoms with Gasteiger partial charge in [0.2, 0.25) is 11.8 Å². The number of hydrogen-bond donors (Lipinski definition) is 4. The van der Waals surface area contributed by atoms with E-state index in [2.05, 4.69) is 76.1 Å². The number of imidazole rings is 2. The van der Waals surface area contributed by atoms with E-state index in [9.17, 15) is 19.2 Å². The Kier molecular flexibility index (Phi) is 11.7. The van der Waals surface area contributed by atoms with E-state index in [-0.39, 0.29) is 41.1 Å². The average Bonchev–Trinajstić information content (AvgIpc) is 3.82. The number of carbonyl (C=O) groups excluding carboxylic acids is 4. The van der Waals surface area contributed by atoms with Gasteiger partial charge in [0, 0.05) is 29.8 Å². The number of alkyl carbamates (subject to hydrolysis) is 2. The van der Waals surface area contributed by atoms with Gasteiger partial charge in [-0.15, -0.1) is 0 Å². The fourth-order valence-electron chi connectivity index (χ4n) is 8.33. The second-order valence-electron chi connectivity index (χ2n) is 16.8. The number of ether oxygens (including phenoxy) is 2. The molecule has 2 aromatic heterocycles. The fraction of sp³-hybridized carbons (Fsp3) is 0.500. The minimum atomic E-state index is -0.691. The molecule has 1 aliphatic carbocycles. The Morgan fingerprint density at radius 1 is 0.707 bits per heavy atom. The van der Waals surface area contributed by atoms with Crippen LogP contribution in [0.4, 0.5) is 9.59 Å². The molecule has 2 saturated heterocycles. The smallest absolute Gasteiger partial charge is 0.407 e. The average molecular weight is 793 g/mol. The lowest BCUT2D eigenvalue weighted by Gasteiger charge is -2.30. The van der Waals surface area contributed by atoms with Crippen molar-refractivity contribution in [3.05, 3.63) is 72.1 Å². The van der Waals surface area contributed by atoms with Gasteiger partial charge in [-0.2, -0.15) is 0 Å². The van der Waals surface area contributed by atoms with Crippen LogP contribution in [-0.2, 0) is 24.5 Å². The highest BCUT2D eigenvalue weighted by molar-refractivity contribution is 5.87. The first-order valence-corrected chi connectivity index (χ1v) is 20.5. The molecule has 4 amide bonds. The van der Waals surface area contributed by atoms with Crippen LogP contribution in [0.3, 0.4) is 0 Å². The lowest BCUT2D eigenvalue weighted by Crippen LogP contribution is -2.51. The predicted molar refractivity (Wildman–Crippen MR) is 219 cm³/mol. The van der Waals surface area contributed by atoms with Crippen molar-refractivity contribution < 1.29 is 28.7 Å². The lowest BCUT2D eigenvalue weighted by molar-refractivity contribution is -0.136. The number of nitrogens with zero attached hydrogens (tertiary/aromatic N) is 4. The van der Waals surface area contributed by atoms with E-state index in [4.69, 9.17) is 19.4 Å². The van der Waals surface area contributed by atoms with Crippen LogP contribution in [0.5, 0.6) is 0 Å². The molecule has 1 saturated carbocycles. The second kappa shape index (κ2) is 16.7. The van der Waals surface area contributed by atoms with Gasteiger partial charge in [0.25, 0.3) is 0 Å². The number of likely N-dealkylation sites (tertiary alicyclic amines) is 2. The molecule has 4 heterocycles. The lowest BCUT2D eigenvalue weighted by atomic mass is 9.97. The summed E-state index contributed by atoms with van der Waals surface area (Å²) in [5.41, 5.74) is 7.02. The molecular formula is C44H56N8O6. The third kappa shape index (κ3) is 8.19. The van der Waals surface area contributed by atoms with Crippen LogP contribution in [0.15, 0.2) is 54.7 Å². The zero-order valence-corrected chi connectivity index (χ0v) is 34.6. The maximum atomic E-state index is 13.8. The van der Waals surface area contributed by atoms with E-state index in [0.29, 0.717) is 13.1 Å². The van der Waals surface area contributed by atoms with Crippen molar-refractivity contribution in [1.29, 1.82) is 0 Å². The molecule has 0 spiro atoms. The van der Waals surface area contributed by atoms with Crippen molar-refractivity contribution >= 4 is 24.0 Å². The van der Waals surface area contributed by atoms with Crippen molar-refractivity contribution in [2.24, 2.45) is 11.8 Å². The monoisotopic (exact) mass is 792 g/mol. The number of rotatable bonds is 12. The molecule has 4 atom stereocenters. The Morgan fingerprint density at radius 2 is 1.17 bits per heavy atom. The third-order valence-corrected chi connectivity index (χ3v) is 12.1. The molecule has 7 rings (SSSR count). The van der Waals surface area contributed by atoms with Gasteiger partial charge in [-0.25, -0.2) is 19.6 Å². The molecule has 308 valence electrons. The minimum Gasteiger partial charge on any atom is -0.453 e. The summed E-state index contributed by atoms with van der Waals surface area (Å²) in [5, 5.41) is 5.44. The van der Waals surface area contributed by atoms with Crippen LogP contribution in [0.25, 0.3) is 33.6 Å². The summed E-state index contributed by atoms with van der Waals surface area (Å²) in [6, 6.07) is 15.0. The molecule has 2 aromatic carbocycles. The minimum absolute atomic E-state index is 0.00572. The van der Waals surface area contributed by atoms with Gasteiger partial charge < -0.3 is 39.9 Å². The van der Waals surface area contributed by atoms with Crippen molar-refractivity contribution in [3.63, 3.8) is 0 Å². The normalized spacial score (nSPS) is 19.6. The summed E-state index contributed by atoms with van der Waals surface area (Å²) < 4.78 is 9.58. The molecule has 0 unspecified atom stereocenters. The zero-order valence-electron chi connectivity index (χ0n) is 34.6. The number of benzene rings is 2. The maximum Gasteiger partial charge on any atom is 0.407 e. The summed E-state index contributed by atoms with van der Waals surface area (Å²) in [7, 11) is 2.59. The van der Waals surface area contributed by atoms with E-state index in [0.717, 1.165) is 89.5 Å². The number of carbonyl (C=O) groups is 4. The summed E-state index contributed by atoms with van der Waals surface area (Å²) in [4.78, 5) is 72.2. The number of hydrogen-bond acceptors (Lipinski definition) is 8. The van der Waals surface area contributed by atoms with Crippen LogP contribution >= 0.6 is 0 Å². The van der Waals surface area contributed by atoms with Crippen molar-refractivity contribution in [1.82, 2.24) is 40.4 Å². The first kappa shape index (κ1) is 40.5. The van der Waals surface area contributed by atoms with Crippen molar-refractivity contribution in [3.8, 4) is 33.6 Å². The van der Waals surface area contributed by atoms with Crippen LogP contribution in [0.1, 0.15) is 103 Å². The summed E-state index contributed by atoms with van der Waals surface area (Å²) in [6.45, 7) is 11.1. The maximum absolute atomic E-state index is 13.8. The molecule has 58 heavy (non-hydrogen) atoms. The predicted octanol–water partition coefficient (Wildman–Crippen LogP) is 7.27. The molecule has 4 aromatic rings. The highest BCUT2D eigenvalue weighted by atomic mass is 16.5. The largest absolute Gasteiger partial charge is 0.453 e. The van der Waals surface area contributed by atoms with Gasteiger partial charge in [-0.05, 0) is 67.1 Å². The Balaban J connectivity index is 1.06. The van der Waals surface area contributed by atoms with Crippen LogP contribution in [-0.4, -0.2) is 93.1 Å². The molecule has 3 fully saturated rings. The number of aromatic nitrogens is 4. The summed E-state index contributed by atoms with van der Waals surface area (Å²) in [5.74, 6) is 1.04. The quantitative estimate of drug-likeness (QED) is 0.116. The number of H-pyrrole nitrogens is 2. The van der Waals surface area contributed by atoms with E-state index in [1.807, 2.05) is 43.7 Å². The van der Waals surface area contributed by atoms with Gasteiger partial charge in [-0.3, -0.25) is 9.59 Å². The number of nitrogens with one attached hydrogen (secondary N) is 4. The Bertz CT molecular complexity index is 2120. The number of aromatic amines is 2.